The van der Waals surface area contributed by atoms with Crippen molar-refractivity contribution in [3.63, 3.8) is 0 Å². The van der Waals surface area contributed by atoms with Crippen LogP contribution < -0.4 is 0 Å². The molecular formula is C14H21FN2O3S. The second-order valence-corrected chi connectivity index (χ2v) is 7.44. The van der Waals surface area contributed by atoms with Crippen LogP contribution in [0.3, 0.4) is 0 Å². The molecule has 0 amide bonds. The maximum atomic E-state index is 13.9. The SMILES string of the molecule is Cc1c(F)cc(CO)cc1S(=O)(=O)N1CCN(C)CC1C. The minimum absolute atomic E-state index is 0.0528. The summed E-state index contributed by atoms with van der Waals surface area (Å²) in [6.07, 6.45) is 0. The van der Waals surface area contributed by atoms with Crippen molar-refractivity contribution in [1.29, 1.82) is 0 Å². The number of hydrogen-bond donors (Lipinski definition) is 1. The van der Waals surface area contributed by atoms with Gasteiger partial charge in [0, 0.05) is 31.2 Å². The summed E-state index contributed by atoms with van der Waals surface area (Å²) in [5.41, 5.74) is 0.358. The topological polar surface area (TPSA) is 60.9 Å². The smallest absolute Gasteiger partial charge is 0.243 e. The third kappa shape index (κ3) is 3.11. The number of hydrogen-bond acceptors (Lipinski definition) is 4. The van der Waals surface area contributed by atoms with Crippen LogP contribution in [-0.4, -0.2) is 55.5 Å². The van der Waals surface area contributed by atoms with Crippen molar-refractivity contribution in [2.45, 2.75) is 31.4 Å². The lowest BCUT2D eigenvalue weighted by molar-refractivity contribution is 0.170. The molecule has 1 unspecified atom stereocenters. The summed E-state index contributed by atoms with van der Waals surface area (Å²) in [4.78, 5) is 2.01. The summed E-state index contributed by atoms with van der Waals surface area (Å²) in [6, 6.07) is 2.36. The first-order valence-electron chi connectivity index (χ1n) is 6.87. The highest BCUT2D eigenvalue weighted by molar-refractivity contribution is 7.89. The lowest BCUT2D eigenvalue weighted by Crippen LogP contribution is -2.52. The number of benzene rings is 1. The van der Waals surface area contributed by atoms with Crippen LogP contribution in [0.15, 0.2) is 17.0 Å². The Morgan fingerprint density at radius 2 is 2.05 bits per heavy atom. The Morgan fingerprint density at radius 3 is 2.62 bits per heavy atom. The van der Waals surface area contributed by atoms with Crippen LogP contribution in [0.4, 0.5) is 4.39 Å². The van der Waals surface area contributed by atoms with Crippen molar-refractivity contribution in [1.82, 2.24) is 9.21 Å². The number of sulfonamides is 1. The molecule has 1 heterocycles. The first kappa shape index (κ1) is 16.4. The van der Waals surface area contributed by atoms with Gasteiger partial charge in [0.15, 0.2) is 0 Å². The molecule has 7 heteroatoms. The second kappa shape index (κ2) is 6.00. The van der Waals surface area contributed by atoms with Gasteiger partial charge in [-0.3, -0.25) is 0 Å². The van der Waals surface area contributed by atoms with Crippen molar-refractivity contribution < 1.29 is 17.9 Å². The molecule has 0 bridgehead atoms. The molecular weight excluding hydrogens is 295 g/mol. The van der Waals surface area contributed by atoms with Gasteiger partial charge in [0.25, 0.3) is 0 Å². The van der Waals surface area contributed by atoms with Crippen molar-refractivity contribution in [3.8, 4) is 0 Å². The van der Waals surface area contributed by atoms with Crippen LogP contribution in [-0.2, 0) is 16.6 Å². The molecule has 0 aromatic heterocycles. The Morgan fingerprint density at radius 1 is 1.38 bits per heavy atom. The van der Waals surface area contributed by atoms with E-state index in [1.54, 1.807) is 0 Å². The molecule has 0 spiro atoms. The van der Waals surface area contributed by atoms with Gasteiger partial charge in [0.1, 0.15) is 5.82 Å². The van der Waals surface area contributed by atoms with Gasteiger partial charge in [0.05, 0.1) is 11.5 Å². The number of nitrogens with zero attached hydrogens (tertiary/aromatic N) is 2. The average Bonchev–Trinajstić information content (AvgIpc) is 2.40. The van der Waals surface area contributed by atoms with Crippen LogP contribution in [0.1, 0.15) is 18.1 Å². The zero-order valence-electron chi connectivity index (χ0n) is 12.5. The molecule has 118 valence electrons. The van der Waals surface area contributed by atoms with Gasteiger partial charge in [-0.2, -0.15) is 4.31 Å². The molecule has 0 radical (unpaired) electrons. The predicted molar refractivity (Wildman–Crippen MR) is 77.9 cm³/mol. The third-order valence-corrected chi connectivity index (χ3v) is 6.04. The third-order valence-electron chi connectivity index (χ3n) is 3.90. The van der Waals surface area contributed by atoms with Crippen LogP contribution in [0, 0.1) is 12.7 Å². The highest BCUT2D eigenvalue weighted by Gasteiger charge is 2.34. The minimum atomic E-state index is -3.76. The lowest BCUT2D eigenvalue weighted by atomic mass is 10.1. The molecule has 21 heavy (non-hydrogen) atoms. The predicted octanol–water partition coefficient (Wildman–Crippen LogP) is 0.951. The highest BCUT2D eigenvalue weighted by atomic mass is 32.2. The average molecular weight is 316 g/mol. The van der Waals surface area contributed by atoms with Gasteiger partial charge in [-0.1, -0.05) is 0 Å². The van der Waals surface area contributed by atoms with Crippen LogP contribution >= 0.6 is 0 Å². The fourth-order valence-electron chi connectivity index (χ4n) is 2.67. The molecule has 1 N–H and O–H groups in total. The van der Waals surface area contributed by atoms with E-state index < -0.39 is 22.4 Å². The van der Waals surface area contributed by atoms with Gasteiger partial charge in [0.2, 0.25) is 10.0 Å². The van der Waals surface area contributed by atoms with E-state index >= 15 is 0 Å². The number of aliphatic hydroxyl groups is 1. The van der Waals surface area contributed by atoms with E-state index in [1.807, 2.05) is 14.0 Å². The molecule has 1 fully saturated rings. The second-order valence-electron chi connectivity index (χ2n) is 5.59. The zero-order valence-corrected chi connectivity index (χ0v) is 13.3. The van der Waals surface area contributed by atoms with Crippen molar-refractivity contribution in [2.75, 3.05) is 26.7 Å². The molecule has 1 atom stereocenters. The molecule has 2 rings (SSSR count). The quantitative estimate of drug-likeness (QED) is 0.902. The van der Waals surface area contributed by atoms with Gasteiger partial charge in [-0.05, 0) is 38.6 Å². The molecule has 1 aromatic rings. The number of piperazine rings is 1. The Kier molecular flexibility index (Phi) is 4.67. The molecule has 0 aliphatic carbocycles. The largest absolute Gasteiger partial charge is 0.392 e. The van der Waals surface area contributed by atoms with E-state index in [9.17, 15) is 12.8 Å². The Hall–Kier alpha value is -1.02. The summed E-state index contributed by atoms with van der Waals surface area (Å²) >= 11 is 0. The van der Waals surface area contributed by atoms with Crippen molar-refractivity contribution in [2.24, 2.45) is 0 Å². The summed E-state index contributed by atoms with van der Waals surface area (Å²) in [5.74, 6) is -0.609. The summed E-state index contributed by atoms with van der Waals surface area (Å²) in [6.45, 7) is 4.56. The summed E-state index contributed by atoms with van der Waals surface area (Å²) in [5, 5.41) is 9.16. The fraction of sp³-hybridized carbons (Fsp3) is 0.571. The van der Waals surface area contributed by atoms with E-state index in [2.05, 4.69) is 4.90 Å². The molecule has 1 aromatic carbocycles. The number of rotatable bonds is 3. The van der Waals surface area contributed by atoms with Crippen LogP contribution in [0.25, 0.3) is 0 Å². The number of aliphatic hydroxyl groups excluding tert-OH is 1. The minimum Gasteiger partial charge on any atom is -0.392 e. The van der Waals surface area contributed by atoms with E-state index in [1.165, 1.54) is 23.4 Å². The number of likely N-dealkylation sites (N-methyl/N-ethyl adjacent to an activating group) is 1. The Balaban J connectivity index is 2.47. The standard InChI is InChI=1S/C14H21FN2O3S/c1-10-8-16(3)4-5-17(10)21(19,20)14-7-12(9-18)6-13(15)11(14)2/h6-7,10,18H,4-5,8-9H2,1-3H3. The van der Waals surface area contributed by atoms with Gasteiger partial charge in [-0.15, -0.1) is 0 Å². The highest BCUT2D eigenvalue weighted by Crippen LogP contribution is 2.26. The van der Waals surface area contributed by atoms with E-state index in [0.717, 1.165) is 0 Å². The zero-order chi connectivity index (χ0) is 15.8. The van der Waals surface area contributed by atoms with Crippen molar-refractivity contribution >= 4 is 10.0 Å². The monoisotopic (exact) mass is 316 g/mol. The number of halogens is 1. The van der Waals surface area contributed by atoms with Crippen LogP contribution in [0.5, 0.6) is 0 Å². The van der Waals surface area contributed by atoms with Crippen LogP contribution in [0.2, 0.25) is 0 Å². The van der Waals surface area contributed by atoms with Gasteiger partial charge < -0.3 is 10.0 Å². The van der Waals surface area contributed by atoms with Gasteiger partial charge in [-0.25, -0.2) is 12.8 Å². The molecule has 5 nitrogen and oxygen atoms in total. The fourth-order valence-corrected chi connectivity index (χ4v) is 4.57. The van der Waals surface area contributed by atoms with Crippen molar-refractivity contribution in [3.05, 3.63) is 29.1 Å². The molecule has 1 aliphatic rings. The maximum absolute atomic E-state index is 13.9. The normalized spacial score (nSPS) is 21.7. The molecule has 1 saturated heterocycles. The van der Waals surface area contributed by atoms with Gasteiger partial charge >= 0.3 is 0 Å². The Labute approximate surface area is 125 Å². The Bertz CT molecular complexity index is 633. The first-order chi connectivity index (χ1) is 9.77. The van der Waals surface area contributed by atoms with E-state index in [-0.39, 0.29) is 22.1 Å². The lowest BCUT2D eigenvalue weighted by Gasteiger charge is -2.37. The first-order valence-corrected chi connectivity index (χ1v) is 8.31. The molecule has 0 saturated carbocycles. The molecule has 1 aliphatic heterocycles. The maximum Gasteiger partial charge on any atom is 0.243 e. The summed E-state index contributed by atoms with van der Waals surface area (Å²) < 4.78 is 40.9. The summed E-state index contributed by atoms with van der Waals surface area (Å²) in [7, 11) is -1.82. The van der Waals surface area contributed by atoms with E-state index in [4.69, 9.17) is 5.11 Å². The van der Waals surface area contributed by atoms with E-state index in [0.29, 0.717) is 19.6 Å².